The van der Waals surface area contributed by atoms with Gasteiger partial charge in [-0.25, -0.2) is 17.7 Å². The molecule has 7 nitrogen and oxygen atoms in total. The monoisotopic (exact) mass is 418 g/mol. The molecule has 0 bridgehead atoms. The Morgan fingerprint density at radius 1 is 1.48 bits per heavy atom. The maximum absolute atomic E-state index is 12.6. The first-order chi connectivity index (χ1) is 11.7. The van der Waals surface area contributed by atoms with Crippen LogP contribution < -0.4 is 5.32 Å². The van der Waals surface area contributed by atoms with E-state index in [1.165, 1.54) is 34.0 Å². The molecule has 1 amide bonds. The summed E-state index contributed by atoms with van der Waals surface area (Å²) in [6.45, 7) is 0.0962. The second-order valence-electron chi connectivity index (χ2n) is 5.45. The molecular formula is C14H15ClN4O3S3. The molecule has 1 unspecified atom stereocenters. The van der Waals surface area contributed by atoms with Crippen molar-refractivity contribution >= 4 is 60.4 Å². The predicted octanol–water partition coefficient (Wildman–Crippen LogP) is 2.70. The number of carbonyl (C=O) groups excluding carboxylic acids is 1. The number of halogens is 1. The largest absolute Gasteiger partial charge is 0.350 e. The number of nitrogens with zero attached hydrogens (tertiary/aromatic N) is 2. The van der Waals surface area contributed by atoms with Crippen LogP contribution in [0.2, 0.25) is 4.34 Å². The number of nitrogens with one attached hydrogen (secondary N) is 2. The summed E-state index contributed by atoms with van der Waals surface area (Å²) < 4.78 is 26.1. The van der Waals surface area contributed by atoms with E-state index < -0.39 is 16.1 Å². The minimum absolute atomic E-state index is 0.0962. The molecule has 134 valence electrons. The quantitative estimate of drug-likeness (QED) is 0.643. The number of hydrogen-bond acceptors (Lipinski definition) is 6. The molecule has 0 spiro atoms. The molecule has 3 heterocycles. The van der Waals surface area contributed by atoms with Gasteiger partial charge in [0.1, 0.15) is 10.7 Å². The van der Waals surface area contributed by atoms with Crippen molar-refractivity contribution in [2.24, 2.45) is 0 Å². The number of hydrogen-bond donors (Lipinski definition) is 2. The van der Waals surface area contributed by atoms with Gasteiger partial charge in [0.15, 0.2) is 0 Å². The zero-order chi connectivity index (χ0) is 18.2. The molecule has 1 atom stereocenters. The van der Waals surface area contributed by atoms with Gasteiger partial charge in [0, 0.05) is 25.2 Å². The van der Waals surface area contributed by atoms with E-state index in [4.69, 9.17) is 11.6 Å². The van der Waals surface area contributed by atoms with E-state index in [9.17, 15) is 13.2 Å². The van der Waals surface area contributed by atoms with Gasteiger partial charge in [0.2, 0.25) is 10.0 Å². The van der Waals surface area contributed by atoms with Gasteiger partial charge in [-0.15, -0.1) is 22.7 Å². The third kappa shape index (κ3) is 4.21. The summed E-state index contributed by atoms with van der Waals surface area (Å²) in [5.41, 5.74) is 1.18. The lowest BCUT2D eigenvalue weighted by atomic mass is 10.3. The minimum Gasteiger partial charge on any atom is -0.350 e. The summed E-state index contributed by atoms with van der Waals surface area (Å²) in [6, 6.07) is 2.94. The number of thiophene rings is 1. The first-order valence-corrected chi connectivity index (χ1v) is 11.1. The lowest BCUT2D eigenvalue weighted by Gasteiger charge is -2.22. The molecule has 2 N–H and O–H groups in total. The van der Waals surface area contributed by atoms with Gasteiger partial charge in [-0.05, 0) is 12.1 Å². The van der Waals surface area contributed by atoms with Crippen molar-refractivity contribution < 1.29 is 13.2 Å². The van der Waals surface area contributed by atoms with Crippen molar-refractivity contribution in [2.75, 3.05) is 19.8 Å². The standard InChI is InChI=1S/C14H15ClN4O3S3/c1-19(25(2,21)22)7-10(14-16-3-4-23-14)18-13(20)9-5-11-8(17-9)6-12(15)24-11/h3-6,10,17H,7H2,1-2H3,(H,18,20). The smallest absolute Gasteiger partial charge is 0.268 e. The van der Waals surface area contributed by atoms with Gasteiger partial charge >= 0.3 is 0 Å². The first-order valence-electron chi connectivity index (χ1n) is 7.13. The fraction of sp³-hybridized carbons (Fsp3) is 0.286. The van der Waals surface area contributed by atoms with Crippen molar-refractivity contribution in [3.05, 3.63) is 38.7 Å². The van der Waals surface area contributed by atoms with Crippen LogP contribution in [-0.2, 0) is 10.0 Å². The molecule has 0 saturated carbocycles. The van der Waals surface area contributed by atoms with E-state index in [0.717, 1.165) is 16.5 Å². The van der Waals surface area contributed by atoms with Crippen molar-refractivity contribution in [1.82, 2.24) is 19.6 Å². The van der Waals surface area contributed by atoms with Crippen LogP contribution in [0.25, 0.3) is 10.2 Å². The van der Waals surface area contributed by atoms with Gasteiger partial charge < -0.3 is 10.3 Å². The Kier molecular flexibility index (Phi) is 5.16. The summed E-state index contributed by atoms with van der Waals surface area (Å²) in [5.74, 6) is -0.332. The van der Waals surface area contributed by atoms with Crippen LogP contribution in [-0.4, -0.2) is 48.4 Å². The second kappa shape index (κ2) is 7.04. The third-order valence-corrected chi connectivity index (χ3v) is 6.96. The first kappa shape index (κ1) is 18.3. The molecule has 0 aliphatic rings. The Balaban J connectivity index is 1.81. The molecule has 0 aliphatic heterocycles. The Morgan fingerprint density at radius 2 is 2.24 bits per heavy atom. The van der Waals surface area contributed by atoms with Crippen LogP contribution in [0.3, 0.4) is 0 Å². The molecule has 0 saturated heterocycles. The van der Waals surface area contributed by atoms with Crippen LogP contribution >= 0.6 is 34.3 Å². The van der Waals surface area contributed by atoms with E-state index in [1.54, 1.807) is 23.7 Å². The van der Waals surface area contributed by atoms with Gasteiger partial charge in [-0.1, -0.05) is 11.6 Å². The number of thiazole rings is 1. The SMILES string of the molecule is CN(CC(NC(=O)c1cc2sc(Cl)cc2[nH]1)c1nccs1)S(C)(=O)=O. The molecular weight excluding hydrogens is 404 g/mol. The van der Waals surface area contributed by atoms with Crippen LogP contribution in [0.5, 0.6) is 0 Å². The summed E-state index contributed by atoms with van der Waals surface area (Å²) >= 11 is 8.67. The van der Waals surface area contributed by atoms with Crippen LogP contribution in [0, 0.1) is 0 Å². The van der Waals surface area contributed by atoms with E-state index in [-0.39, 0.29) is 12.5 Å². The third-order valence-electron chi connectivity index (χ3n) is 3.58. The number of aromatic nitrogens is 2. The number of likely N-dealkylation sites (N-methyl/N-ethyl adjacent to an activating group) is 1. The number of sulfonamides is 1. The molecule has 3 aromatic rings. The summed E-state index contributed by atoms with van der Waals surface area (Å²) in [4.78, 5) is 19.8. The zero-order valence-electron chi connectivity index (χ0n) is 13.3. The maximum Gasteiger partial charge on any atom is 0.268 e. The number of amides is 1. The molecule has 11 heteroatoms. The molecule has 25 heavy (non-hydrogen) atoms. The van der Waals surface area contributed by atoms with Crippen molar-refractivity contribution in [3.8, 4) is 0 Å². The Bertz CT molecular complexity index is 963. The van der Waals surface area contributed by atoms with Gasteiger partial charge in [-0.3, -0.25) is 4.79 Å². The Labute approximate surface area is 157 Å². The molecule has 3 rings (SSSR count). The Hall–Kier alpha value is -1.46. The summed E-state index contributed by atoms with van der Waals surface area (Å²) in [6.07, 6.45) is 2.74. The fourth-order valence-electron chi connectivity index (χ4n) is 2.23. The highest BCUT2D eigenvalue weighted by molar-refractivity contribution is 7.88. The maximum atomic E-state index is 12.6. The average Bonchev–Trinajstić information content (AvgIpc) is 3.20. The highest BCUT2D eigenvalue weighted by atomic mass is 35.5. The number of H-pyrrole nitrogens is 1. The Morgan fingerprint density at radius 3 is 2.84 bits per heavy atom. The summed E-state index contributed by atoms with van der Waals surface area (Å²) in [7, 11) is -1.90. The second-order valence-corrected chi connectivity index (χ2v) is 10.2. The van der Waals surface area contributed by atoms with E-state index in [1.807, 2.05) is 0 Å². The highest BCUT2D eigenvalue weighted by Crippen LogP contribution is 2.30. The molecule has 3 aromatic heterocycles. The van der Waals surface area contributed by atoms with E-state index in [0.29, 0.717) is 15.0 Å². The number of aromatic amines is 1. The van der Waals surface area contributed by atoms with Gasteiger partial charge in [-0.2, -0.15) is 0 Å². The van der Waals surface area contributed by atoms with Crippen molar-refractivity contribution in [2.45, 2.75) is 6.04 Å². The number of fused-ring (bicyclic) bond motifs is 1. The molecule has 0 radical (unpaired) electrons. The van der Waals surface area contributed by atoms with Crippen LogP contribution in [0.15, 0.2) is 23.7 Å². The zero-order valence-corrected chi connectivity index (χ0v) is 16.5. The molecule has 0 aliphatic carbocycles. The normalized spacial score (nSPS) is 13.4. The number of rotatable bonds is 6. The fourth-order valence-corrected chi connectivity index (χ4v) is 4.48. The molecule has 0 fully saturated rings. The highest BCUT2D eigenvalue weighted by Gasteiger charge is 2.24. The lowest BCUT2D eigenvalue weighted by molar-refractivity contribution is 0.0928. The summed E-state index contributed by atoms with van der Waals surface area (Å²) in [5, 5.41) is 5.27. The number of carbonyl (C=O) groups is 1. The van der Waals surface area contributed by atoms with Gasteiger partial charge in [0.05, 0.1) is 26.9 Å². The van der Waals surface area contributed by atoms with Crippen LogP contribution in [0.1, 0.15) is 21.5 Å². The minimum atomic E-state index is -3.37. The predicted molar refractivity (Wildman–Crippen MR) is 101 cm³/mol. The lowest BCUT2D eigenvalue weighted by Crippen LogP contribution is -2.38. The van der Waals surface area contributed by atoms with Crippen molar-refractivity contribution in [3.63, 3.8) is 0 Å². The van der Waals surface area contributed by atoms with Crippen molar-refractivity contribution in [1.29, 1.82) is 0 Å². The van der Waals surface area contributed by atoms with Gasteiger partial charge in [0.25, 0.3) is 5.91 Å². The van der Waals surface area contributed by atoms with E-state index >= 15 is 0 Å². The molecule has 0 aromatic carbocycles. The topological polar surface area (TPSA) is 95.2 Å². The average molecular weight is 419 g/mol. The van der Waals surface area contributed by atoms with E-state index in [2.05, 4.69) is 15.3 Å². The van der Waals surface area contributed by atoms with Crippen LogP contribution in [0.4, 0.5) is 0 Å².